The molecule has 2 aliphatic rings. The molecular formula is C19H29ClN2O2. The predicted octanol–water partition coefficient (Wildman–Crippen LogP) is 3.29. The summed E-state index contributed by atoms with van der Waals surface area (Å²) < 4.78 is 5.81. The van der Waals surface area contributed by atoms with Gasteiger partial charge < -0.3 is 15.4 Å². The maximum Gasteiger partial charge on any atom is 0.225 e. The van der Waals surface area contributed by atoms with Crippen LogP contribution in [0.3, 0.4) is 0 Å². The van der Waals surface area contributed by atoms with E-state index in [2.05, 4.69) is 26.0 Å². The third kappa shape index (κ3) is 3.93. The van der Waals surface area contributed by atoms with Crippen LogP contribution in [0.1, 0.15) is 50.3 Å². The van der Waals surface area contributed by atoms with E-state index >= 15 is 0 Å². The van der Waals surface area contributed by atoms with Crippen LogP contribution in [0.5, 0.6) is 0 Å². The highest BCUT2D eigenvalue weighted by Gasteiger charge is 2.34. The monoisotopic (exact) mass is 352 g/mol. The molecular weight excluding hydrogens is 324 g/mol. The first-order valence-electron chi connectivity index (χ1n) is 8.68. The predicted molar refractivity (Wildman–Crippen MR) is 98.0 cm³/mol. The average Bonchev–Trinajstić information content (AvgIpc) is 2.98. The summed E-state index contributed by atoms with van der Waals surface area (Å²) in [5.74, 6) is 0.829. The molecule has 0 spiro atoms. The summed E-state index contributed by atoms with van der Waals surface area (Å²) in [5.41, 5.74) is 8.45. The lowest BCUT2D eigenvalue weighted by Crippen LogP contribution is -2.44. The summed E-state index contributed by atoms with van der Waals surface area (Å²) in [4.78, 5) is 14.6. The molecule has 1 amide bonds. The number of likely N-dealkylation sites (tertiary alicyclic amines) is 1. The SMILES string of the molecule is CC(C)(CN)C1CCN(C(=O)CC2OCc3ccccc32)CC1.Cl. The smallest absolute Gasteiger partial charge is 0.225 e. The van der Waals surface area contributed by atoms with Gasteiger partial charge in [0.25, 0.3) is 0 Å². The summed E-state index contributed by atoms with van der Waals surface area (Å²) in [6.45, 7) is 7.50. The molecule has 1 fully saturated rings. The van der Waals surface area contributed by atoms with Crippen molar-refractivity contribution in [1.82, 2.24) is 4.90 Å². The number of rotatable bonds is 4. The van der Waals surface area contributed by atoms with Gasteiger partial charge in [0.1, 0.15) is 0 Å². The second-order valence-electron chi connectivity index (χ2n) is 7.55. The highest BCUT2D eigenvalue weighted by atomic mass is 35.5. The van der Waals surface area contributed by atoms with Gasteiger partial charge in [-0.3, -0.25) is 4.79 Å². The Labute approximate surface area is 151 Å². The summed E-state index contributed by atoms with van der Waals surface area (Å²) in [6, 6.07) is 8.21. The van der Waals surface area contributed by atoms with E-state index in [4.69, 9.17) is 10.5 Å². The van der Waals surface area contributed by atoms with Gasteiger partial charge in [-0.2, -0.15) is 0 Å². The van der Waals surface area contributed by atoms with E-state index in [0.29, 0.717) is 25.5 Å². The van der Waals surface area contributed by atoms with Gasteiger partial charge in [0.05, 0.1) is 19.1 Å². The molecule has 1 saturated heterocycles. The summed E-state index contributed by atoms with van der Waals surface area (Å²) in [5, 5.41) is 0. The normalized spacial score (nSPS) is 21.3. The Bertz CT molecular complexity index is 568. The van der Waals surface area contributed by atoms with Crippen molar-refractivity contribution < 1.29 is 9.53 Å². The molecule has 1 aromatic rings. The molecule has 2 aliphatic heterocycles. The van der Waals surface area contributed by atoms with Crippen molar-refractivity contribution in [2.45, 2.75) is 45.8 Å². The van der Waals surface area contributed by atoms with Gasteiger partial charge in [-0.15, -0.1) is 12.4 Å². The van der Waals surface area contributed by atoms with Crippen LogP contribution in [-0.2, 0) is 16.1 Å². The first kappa shape index (κ1) is 19.2. The zero-order valence-electron chi connectivity index (χ0n) is 14.7. The summed E-state index contributed by atoms with van der Waals surface area (Å²) in [6.07, 6.45) is 2.50. The highest BCUT2D eigenvalue weighted by molar-refractivity contribution is 5.85. The Hall–Kier alpha value is -1.10. The number of hydrogen-bond donors (Lipinski definition) is 1. The molecule has 5 heteroatoms. The molecule has 24 heavy (non-hydrogen) atoms. The fourth-order valence-corrected chi connectivity index (χ4v) is 3.79. The van der Waals surface area contributed by atoms with E-state index in [1.165, 1.54) is 11.1 Å². The number of carbonyl (C=O) groups is 1. The lowest BCUT2D eigenvalue weighted by atomic mass is 9.74. The van der Waals surface area contributed by atoms with Crippen LogP contribution in [-0.4, -0.2) is 30.4 Å². The molecule has 2 heterocycles. The van der Waals surface area contributed by atoms with Gasteiger partial charge in [-0.1, -0.05) is 38.1 Å². The standard InChI is InChI=1S/C19H28N2O2.ClH/c1-19(2,13-20)15-7-9-21(10-8-15)18(22)11-17-16-6-4-3-5-14(16)12-23-17;/h3-6,15,17H,7-13,20H2,1-2H3;1H. The van der Waals surface area contributed by atoms with Crippen LogP contribution >= 0.6 is 12.4 Å². The fraction of sp³-hybridized carbons (Fsp3) is 0.632. The Kier molecular flexibility index (Phi) is 6.29. The lowest BCUT2D eigenvalue weighted by molar-refractivity contribution is -0.136. The Morgan fingerprint density at radius 2 is 1.96 bits per heavy atom. The molecule has 1 aromatic carbocycles. The minimum atomic E-state index is -0.0723. The Morgan fingerprint density at radius 3 is 2.62 bits per heavy atom. The Morgan fingerprint density at radius 1 is 1.29 bits per heavy atom. The largest absolute Gasteiger partial charge is 0.368 e. The number of piperidine rings is 1. The van der Waals surface area contributed by atoms with E-state index in [1.54, 1.807) is 0 Å². The fourth-order valence-electron chi connectivity index (χ4n) is 3.79. The number of fused-ring (bicyclic) bond motifs is 1. The van der Waals surface area contributed by atoms with Crippen molar-refractivity contribution in [2.24, 2.45) is 17.1 Å². The number of nitrogens with two attached hydrogens (primary N) is 1. The topological polar surface area (TPSA) is 55.6 Å². The van der Waals surface area contributed by atoms with Crippen molar-refractivity contribution in [3.05, 3.63) is 35.4 Å². The van der Waals surface area contributed by atoms with Crippen LogP contribution in [0, 0.1) is 11.3 Å². The van der Waals surface area contributed by atoms with Crippen LogP contribution in [0.2, 0.25) is 0 Å². The maximum atomic E-state index is 12.6. The van der Waals surface area contributed by atoms with E-state index < -0.39 is 0 Å². The van der Waals surface area contributed by atoms with Crippen molar-refractivity contribution in [3.63, 3.8) is 0 Å². The van der Waals surface area contributed by atoms with Crippen LogP contribution in [0.4, 0.5) is 0 Å². The van der Waals surface area contributed by atoms with E-state index in [0.717, 1.165) is 25.9 Å². The van der Waals surface area contributed by atoms with Gasteiger partial charge in [-0.25, -0.2) is 0 Å². The average molecular weight is 353 g/mol. The number of halogens is 1. The second kappa shape index (κ2) is 7.85. The molecule has 0 saturated carbocycles. The van der Waals surface area contributed by atoms with Crippen LogP contribution in [0.15, 0.2) is 24.3 Å². The van der Waals surface area contributed by atoms with Crippen molar-refractivity contribution in [1.29, 1.82) is 0 Å². The second-order valence-corrected chi connectivity index (χ2v) is 7.55. The molecule has 1 unspecified atom stereocenters. The molecule has 0 radical (unpaired) electrons. The first-order chi connectivity index (χ1) is 11.0. The summed E-state index contributed by atoms with van der Waals surface area (Å²) >= 11 is 0. The van der Waals surface area contributed by atoms with Gasteiger partial charge in [0.15, 0.2) is 0 Å². The first-order valence-corrected chi connectivity index (χ1v) is 8.68. The van der Waals surface area contributed by atoms with Crippen molar-refractivity contribution >= 4 is 18.3 Å². The van der Waals surface area contributed by atoms with Gasteiger partial charge in [0, 0.05) is 13.1 Å². The van der Waals surface area contributed by atoms with Crippen LogP contribution in [0.25, 0.3) is 0 Å². The Balaban J connectivity index is 0.00000208. The number of benzene rings is 1. The molecule has 0 aromatic heterocycles. The van der Waals surface area contributed by atoms with Gasteiger partial charge in [0.2, 0.25) is 5.91 Å². The maximum absolute atomic E-state index is 12.6. The third-order valence-electron chi connectivity index (χ3n) is 5.68. The molecule has 3 rings (SSSR count). The zero-order valence-corrected chi connectivity index (χ0v) is 15.5. The molecule has 0 aliphatic carbocycles. The molecule has 1 atom stereocenters. The van der Waals surface area contributed by atoms with Crippen molar-refractivity contribution in [2.75, 3.05) is 19.6 Å². The molecule has 2 N–H and O–H groups in total. The molecule has 0 bridgehead atoms. The third-order valence-corrected chi connectivity index (χ3v) is 5.68. The van der Waals surface area contributed by atoms with Crippen molar-refractivity contribution in [3.8, 4) is 0 Å². The minimum absolute atomic E-state index is 0. The highest BCUT2D eigenvalue weighted by Crippen LogP contribution is 2.36. The van der Waals surface area contributed by atoms with Crippen LogP contribution < -0.4 is 5.73 Å². The van der Waals surface area contributed by atoms with E-state index in [-0.39, 0.29) is 29.8 Å². The van der Waals surface area contributed by atoms with Gasteiger partial charge >= 0.3 is 0 Å². The number of amides is 1. The number of ether oxygens (including phenoxy) is 1. The number of nitrogens with zero attached hydrogens (tertiary/aromatic N) is 1. The lowest BCUT2D eigenvalue weighted by Gasteiger charge is -2.40. The van der Waals surface area contributed by atoms with E-state index in [1.807, 2.05) is 17.0 Å². The number of carbonyl (C=O) groups excluding carboxylic acids is 1. The summed E-state index contributed by atoms with van der Waals surface area (Å²) in [7, 11) is 0. The number of hydrogen-bond acceptors (Lipinski definition) is 3. The molecule has 4 nitrogen and oxygen atoms in total. The van der Waals surface area contributed by atoms with Gasteiger partial charge in [-0.05, 0) is 41.8 Å². The minimum Gasteiger partial charge on any atom is -0.368 e. The van der Waals surface area contributed by atoms with E-state index in [9.17, 15) is 4.79 Å². The quantitative estimate of drug-likeness (QED) is 0.904. The zero-order chi connectivity index (χ0) is 16.4. The molecule has 134 valence electrons.